The van der Waals surface area contributed by atoms with Crippen LogP contribution < -0.4 is 5.73 Å². The molecule has 0 radical (unpaired) electrons. The molecule has 1 aromatic carbocycles. The van der Waals surface area contributed by atoms with E-state index in [4.69, 9.17) is 5.73 Å². The zero-order valence-electron chi connectivity index (χ0n) is 7.85. The Labute approximate surface area is 87.7 Å². The summed E-state index contributed by atoms with van der Waals surface area (Å²) in [6, 6.07) is 4.09. The van der Waals surface area contributed by atoms with E-state index in [1.54, 1.807) is 0 Å². The summed E-state index contributed by atoms with van der Waals surface area (Å²) in [5.41, 5.74) is 3.87. The van der Waals surface area contributed by atoms with E-state index in [0.29, 0.717) is 6.07 Å². The maximum absolute atomic E-state index is 13.2. The first kappa shape index (κ1) is 10.7. The highest BCUT2D eigenvalue weighted by Gasteiger charge is 2.33. The molecule has 16 heavy (non-hydrogen) atoms. The fraction of sp³-hybridized carbons (Fsp3) is 0.100. The third-order valence-corrected chi connectivity index (χ3v) is 2.12. The Balaban J connectivity index is 2.89. The van der Waals surface area contributed by atoms with Crippen LogP contribution in [0.4, 0.5) is 23.4 Å². The van der Waals surface area contributed by atoms with Crippen LogP contribution in [-0.4, -0.2) is 4.98 Å². The SMILES string of the molecule is Nc1cc(C(F)(F)F)c2cccc(F)c2n1. The van der Waals surface area contributed by atoms with E-state index in [1.165, 1.54) is 6.07 Å². The maximum atomic E-state index is 13.2. The lowest BCUT2D eigenvalue weighted by atomic mass is 10.1. The van der Waals surface area contributed by atoms with Crippen LogP contribution in [0.2, 0.25) is 0 Å². The summed E-state index contributed by atoms with van der Waals surface area (Å²) in [4.78, 5) is 3.55. The number of hydrogen-bond acceptors (Lipinski definition) is 2. The summed E-state index contributed by atoms with van der Waals surface area (Å²) in [6.07, 6.45) is -4.58. The van der Waals surface area contributed by atoms with Crippen LogP contribution in [0.15, 0.2) is 24.3 Å². The molecule has 2 nitrogen and oxygen atoms in total. The second-order valence-corrected chi connectivity index (χ2v) is 3.23. The molecule has 0 fully saturated rings. The first-order chi connectivity index (χ1) is 7.39. The summed E-state index contributed by atoms with van der Waals surface area (Å²) in [6.45, 7) is 0. The summed E-state index contributed by atoms with van der Waals surface area (Å²) in [7, 11) is 0. The highest BCUT2D eigenvalue weighted by molar-refractivity contribution is 5.84. The number of nitrogen functional groups attached to an aromatic ring is 1. The molecule has 0 unspecified atom stereocenters. The molecule has 84 valence electrons. The molecular weight excluding hydrogens is 224 g/mol. The number of para-hydroxylation sites is 1. The smallest absolute Gasteiger partial charge is 0.384 e. The Morgan fingerprint density at radius 2 is 1.88 bits per heavy atom. The maximum Gasteiger partial charge on any atom is 0.417 e. The van der Waals surface area contributed by atoms with Crippen LogP contribution >= 0.6 is 0 Å². The van der Waals surface area contributed by atoms with Crippen molar-refractivity contribution in [1.29, 1.82) is 0 Å². The minimum atomic E-state index is -4.58. The van der Waals surface area contributed by atoms with Gasteiger partial charge in [0.15, 0.2) is 0 Å². The molecule has 2 aromatic rings. The van der Waals surface area contributed by atoms with E-state index in [-0.39, 0.29) is 16.7 Å². The molecule has 0 aliphatic rings. The summed E-state index contributed by atoms with van der Waals surface area (Å²) < 4.78 is 51.1. The van der Waals surface area contributed by atoms with Gasteiger partial charge in [0, 0.05) is 5.39 Å². The topological polar surface area (TPSA) is 38.9 Å². The largest absolute Gasteiger partial charge is 0.417 e. The van der Waals surface area contributed by atoms with Gasteiger partial charge in [-0.25, -0.2) is 9.37 Å². The van der Waals surface area contributed by atoms with Gasteiger partial charge in [0.25, 0.3) is 0 Å². The second-order valence-electron chi connectivity index (χ2n) is 3.23. The van der Waals surface area contributed by atoms with Gasteiger partial charge in [0.05, 0.1) is 5.56 Å². The first-order valence-corrected chi connectivity index (χ1v) is 4.31. The summed E-state index contributed by atoms with van der Waals surface area (Å²) in [5.74, 6) is -1.18. The number of nitrogens with zero attached hydrogens (tertiary/aromatic N) is 1. The minimum Gasteiger partial charge on any atom is -0.384 e. The predicted octanol–water partition coefficient (Wildman–Crippen LogP) is 2.97. The van der Waals surface area contributed by atoms with Crippen LogP contribution in [0.5, 0.6) is 0 Å². The fourth-order valence-electron chi connectivity index (χ4n) is 1.47. The Hall–Kier alpha value is -1.85. The van der Waals surface area contributed by atoms with Crippen molar-refractivity contribution < 1.29 is 17.6 Å². The number of halogens is 4. The molecule has 0 spiro atoms. The van der Waals surface area contributed by atoms with Gasteiger partial charge in [-0.1, -0.05) is 12.1 Å². The van der Waals surface area contributed by atoms with E-state index in [0.717, 1.165) is 12.1 Å². The van der Waals surface area contributed by atoms with E-state index < -0.39 is 17.6 Å². The Bertz CT molecular complexity index is 548. The Morgan fingerprint density at radius 3 is 2.50 bits per heavy atom. The number of pyridine rings is 1. The molecule has 2 N–H and O–H groups in total. The van der Waals surface area contributed by atoms with Crippen LogP contribution in [0, 0.1) is 5.82 Å². The lowest BCUT2D eigenvalue weighted by Crippen LogP contribution is -2.08. The lowest BCUT2D eigenvalue weighted by Gasteiger charge is -2.11. The van der Waals surface area contributed by atoms with Gasteiger partial charge in [0.1, 0.15) is 17.2 Å². The number of anilines is 1. The van der Waals surface area contributed by atoms with Crippen LogP contribution in [0.1, 0.15) is 5.56 Å². The van der Waals surface area contributed by atoms with Gasteiger partial charge in [0.2, 0.25) is 0 Å². The van der Waals surface area contributed by atoms with Gasteiger partial charge < -0.3 is 5.73 Å². The molecule has 0 amide bonds. The third kappa shape index (κ3) is 1.66. The molecule has 6 heteroatoms. The van der Waals surface area contributed by atoms with E-state index >= 15 is 0 Å². The number of hydrogen-bond donors (Lipinski definition) is 1. The normalized spacial score (nSPS) is 12.0. The van der Waals surface area contributed by atoms with Gasteiger partial charge in [-0.05, 0) is 12.1 Å². The van der Waals surface area contributed by atoms with Gasteiger partial charge >= 0.3 is 6.18 Å². The molecule has 0 aliphatic carbocycles. The first-order valence-electron chi connectivity index (χ1n) is 4.31. The third-order valence-electron chi connectivity index (χ3n) is 2.12. The van der Waals surface area contributed by atoms with E-state index in [2.05, 4.69) is 4.98 Å². The Kier molecular flexibility index (Phi) is 2.22. The fourth-order valence-corrected chi connectivity index (χ4v) is 1.47. The second kappa shape index (κ2) is 3.33. The van der Waals surface area contributed by atoms with E-state index in [1.807, 2.05) is 0 Å². The minimum absolute atomic E-state index is 0.290. The van der Waals surface area contributed by atoms with Crippen molar-refractivity contribution in [1.82, 2.24) is 4.98 Å². The monoisotopic (exact) mass is 230 g/mol. The van der Waals surface area contributed by atoms with Gasteiger partial charge in [-0.3, -0.25) is 0 Å². The van der Waals surface area contributed by atoms with Crippen molar-refractivity contribution in [3.05, 3.63) is 35.6 Å². The number of rotatable bonds is 0. The standard InChI is InChI=1S/C10H6F4N2/c11-7-3-1-2-5-6(10(12,13)14)4-8(15)16-9(5)7/h1-4H,(H2,15,16). The molecule has 0 aliphatic heterocycles. The number of fused-ring (bicyclic) bond motifs is 1. The number of aromatic nitrogens is 1. The molecule has 1 heterocycles. The molecule has 1 aromatic heterocycles. The van der Waals surface area contributed by atoms with Gasteiger partial charge in [-0.2, -0.15) is 13.2 Å². The number of alkyl halides is 3. The molecule has 0 atom stereocenters. The van der Waals surface area contributed by atoms with Crippen molar-refractivity contribution in [2.45, 2.75) is 6.18 Å². The highest BCUT2D eigenvalue weighted by Crippen LogP contribution is 2.35. The predicted molar refractivity (Wildman–Crippen MR) is 51.1 cm³/mol. The molecular formula is C10H6F4N2. The lowest BCUT2D eigenvalue weighted by molar-refractivity contribution is -0.136. The summed E-state index contributed by atoms with van der Waals surface area (Å²) in [5, 5.41) is -0.290. The van der Waals surface area contributed by atoms with E-state index in [9.17, 15) is 17.6 Å². The van der Waals surface area contributed by atoms with Crippen LogP contribution in [0.3, 0.4) is 0 Å². The van der Waals surface area contributed by atoms with Crippen molar-refractivity contribution in [2.75, 3.05) is 5.73 Å². The van der Waals surface area contributed by atoms with Crippen molar-refractivity contribution >= 4 is 16.7 Å². The van der Waals surface area contributed by atoms with Crippen molar-refractivity contribution in [2.24, 2.45) is 0 Å². The van der Waals surface area contributed by atoms with Crippen molar-refractivity contribution in [3.63, 3.8) is 0 Å². The zero-order chi connectivity index (χ0) is 11.9. The highest BCUT2D eigenvalue weighted by atomic mass is 19.4. The number of nitrogens with two attached hydrogens (primary N) is 1. The molecule has 0 bridgehead atoms. The van der Waals surface area contributed by atoms with Crippen LogP contribution in [0.25, 0.3) is 10.9 Å². The Morgan fingerprint density at radius 1 is 1.19 bits per heavy atom. The molecule has 2 rings (SSSR count). The molecule has 0 saturated carbocycles. The average molecular weight is 230 g/mol. The van der Waals surface area contributed by atoms with Crippen LogP contribution in [-0.2, 0) is 6.18 Å². The zero-order valence-corrected chi connectivity index (χ0v) is 7.85. The van der Waals surface area contributed by atoms with Gasteiger partial charge in [-0.15, -0.1) is 0 Å². The number of benzene rings is 1. The average Bonchev–Trinajstić information content (AvgIpc) is 2.17. The summed E-state index contributed by atoms with van der Waals surface area (Å²) >= 11 is 0. The quantitative estimate of drug-likeness (QED) is 0.706. The molecule has 0 saturated heterocycles. The van der Waals surface area contributed by atoms with Crippen molar-refractivity contribution in [3.8, 4) is 0 Å².